The van der Waals surface area contributed by atoms with Gasteiger partial charge in [0.2, 0.25) is 0 Å². The summed E-state index contributed by atoms with van der Waals surface area (Å²) in [6, 6.07) is 1.92. The van der Waals surface area contributed by atoms with E-state index >= 15 is 0 Å². The highest BCUT2D eigenvalue weighted by atomic mass is 127. The summed E-state index contributed by atoms with van der Waals surface area (Å²) in [4.78, 5) is 21.2. The molecule has 3 heterocycles. The lowest BCUT2D eigenvalue weighted by molar-refractivity contribution is -0.142. The van der Waals surface area contributed by atoms with Gasteiger partial charge in [-0.2, -0.15) is 0 Å². The standard InChI is InChI=1S/C17H26N4O3.HI/c1-2-18-17(19-12-14-5-11-23-13-14)21-8-6-20(7-9-21)16(22)15-4-3-10-24-15;/h5,11,13,15H,2-4,6-10,12H2,1H3,(H,18,19);1H. The first-order valence-corrected chi connectivity index (χ1v) is 8.72. The van der Waals surface area contributed by atoms with E-state index in [1.807, 2.05) is 11.0 Å². The Morgan fingerprint density at radius 2 is 2.08 bits per heavy atom. The molecule has 1 atom stereocenters. The van der Waals surface area contributed by atoms with Crippen molar-refractivity contribution >= 4 is 35.8 Å². The van der Waals surface area contributed by atoms with Crippen molar-refractivity contribution in [2.24, 2.45) is 4.99 Å². The van der Waals surface area contributed by atoms with Crippen LogP contribution >= 0.6 is 24.0 Å². The van der Waals surface area contributed by atoms with E-state index in [2.05, 4.69) is 22.1 Å². The van der Waals surface area contributed by atoms with E-state index in [9.17, 15) is 4.79 Å². The molecule has 0 aliphatic carbocycles. The summed E-state index contributed by atoms with van der Waals surface area (Å²) in [5.41, 5.74) is 1.05. The highest BCUT2D eigenvalue weighted by Crippen LogP contribution is 2.16. The molecule has 140 valence electrons. The summed E-state index contributed by atoms with van der Waals surface area (Å²) in [6.45, 7) is 7.19. The number of piperazine rings is 1. The van der Waals surface area contributed by atoms with Crippen LogP contribution in [0.15, 0.2) is 28.0 Å². The van der Waals surface area contributed by atoms with Crippen molar-refractivity contribution in [3.63, 3.8) is 0 Å². The Bertz CT molecular complexity index is 550. The Labute approximate surface area is 165 Å². The monoisotopic (exact) mass is 462 g/mol. The Hall–Kier alpha value is -1.29. The number of hydrogen-bond donors (Lipinski definition) is 1. The van der Waals surface area contributed by atoms with Crippen LogP contribution in [0.4, 0.5) is 0 Å². The first-order valence-electron chi connectivity index (χ1n) is 8.72. The number of rotatable bonds is 4. The van der Waals surface area contributed by atoms with E-state index in [1.54, 1.807) is 12.5 Å². The zero-order valence-corrected chi connectivity index (χ0v) is 17.0. The zero-order valence-electron chi connectivity index (χ0n) is 14.6. The molecule has 1 aromatic rings. The number of ether oxygens (including phenoxy) is 1. The van der Waals surface area contributed by atoms with Gasteiger partial charge in [0.25, 0.3) is 5.91 Å². The van der Waals surface area contributed by atoms with Crippen LogP contribution in [-0.2, 0) is 16.1 Å². The Kier molecular flexibility index (Phi) is 8.01. The van der Waals surface area contributed by atoms with Crippen LogP contribution in [-0.4, -0.2) is 67.1 Å². The molecule has 0 bridgehead atoms. The van der Waals surface area contributed by atoms with Crippen molar-refractivity contribution in [3.05, 3.63) is 24.2 Å². The summed E-state index contributed by atoms with van der Waals surface area (Å²) in [5.74, 6) is 1.04. The van der Waals surface area contributed by atoms with E-state index < -0.39 is 0 Å². The van der Waals surface area contributed by atoms with Gasteiger partial charge in [0.05, 0.1) is 19.1 Å². The van der Waals surface area contributed by atoms with Crippen LogP contribution in [0.2, 0.25) is 0 Å². The molecule has 1 unspecified atom stereocenters. The quantitative estimate of drug-likeness (QED) is 0.419. The van der Waals surface area contributed by atoms with Gasteiger partial charge in [-0.05, 0) is 25.8 Å². The molecule has 1 N–H and O–H groups in total. The molecule has 0 aromatic carbocycles. The van der Waals surface area contributed by atoms with Gasteiger partial charge in [-0.3, -0.25) is 4.79 Å². The van der Waals surface area contributed by atoms with Crippen molar-refractivity contribution in [1.82, 2.24) is 15.1 Å². The molecule has 1 amide bonds. The highest BCUT2D eigenvalue weighted by Gasteiger charge is 2.30. The summed E-state index contributed by atoms with van der Waals surface area (Å²) in [6.07, 6.45) is 4.99. The second-order valence-electron chi connectivity index (χ2n) is 6.12. The maximum atomic E-state index is 12.4. The van der Waals surface area contributed by atoms with Crippen LogP contribution in [0.5, 0.6) is 0 Å². The van der Waals surface area contributed by atoms with Crippen LogP contribution in [0.25, 0.3) is 0 Å². The van der Waals surface area contributed by atoms with Crippen LogP contribution < -0.4 is 5.32 Å². The lowest BCUT2D eigenvalue weighted by Gasteiger charge is -2.37. The van der Waals surface area contributed by atoms with Crippen molar-refractivity contribution in [2.45, 2.75) is 32.4 Å². The third kappa shape index (κ3) is 5.34. The Morgan fingerprint density at radius 1 is 1.32 bits per heavy atom. The van der Waals surface area contributed by atoms with Crippen molar-refractivity contribution in [1.29, 1.82) is 0 Å². The van der Waals surface area contributed by atoms with Crippen LogP contribution in [0.1, 0.15) is 25.3 Å². The van der Waals surface area contributed by atoms with E-state index in [0.29, 0.717) is 13.2 Å². The van der Waals surface area contributed by atoms with Gasteiger partial charge < -0.3 is 24.3 Å². The molecule has 2 fully saturated rings. The van der Waals surface area contributed by atoms with Crippen molar-refractivity contribution in [3.8, 4) is 0 Å². The first-order chi connectivity index (χ1) is 11.8. The largest absolute Gasteiger partial charge is 0.472 e. The van der Waals surface area contributed by atoms with E-state index in [4.69, 9.17) is 9.15 Å². The average Bonchev–Trinajstić information content (AvgIpc) is 3.31. The van der Waals surface area contributed by atoms with E-state index in [1.165, 1.54) is 0 Å². The van der Waals surface area contributed by atoms with Gasteiger partial charge in [-0.15, -0.1) is 24.0 Å². The molecule has 0 spiro atoms. The predicted molar refractivity (Wildman–Crippen MR) is 106 cm³/mol. The van der Waals surface area contributed by atoms with Gasteiger partial charge in [0.1, 0.15) is 6.10 Å². The first kappa shape index (κ1) is 20.0. The SMILES string of the molecule is CCNC(=NCc1ccoc1)N1CCN(C(=O)C2CCCO2)CC1.I. The van der Waals surface area contributed by atoms with Gasteiger partial charge in [-0.1, -0.05) is 0 Å². The van der Waals surface area contributed by atoms with Gasteiger partial charge in [-0.25, -0.2) is 4.99 Å². The number of aliphatic imine (C=N–C) groups is 1. The number of nitrogens with zero attached hydrogens (tertiary/aromatic N) is 3. The normalized spacial score (nSPS) is 21.2. The molecule has 3 rings (SSSR count). The summed E-state index contributed by atoms with van der Waals surface area (Å²) < 4.78 is 10.6. The fourth-order valence-electron chi connectivity index (χ4n) is 3.09. The summed E-state index contributed by atoms with van der Waals surface area (Å²) in [5, 5.41) is 3.33. The molecule has 0 radical (unpaired) electrons. The van der Waals surface area contributed by atoms with Crippen LogP contribution in [0.3, 0.4) is 0 Å². The van der Waals surface area contributed by atoms with Crippen molar-refractivity contribution in [2.75, 3.05) is 39.3 Å². The minimum atomic E-state index is -0.223. The average molecular weight is 462 g/mol. The molecule has 1 aromatic heterocycles. The molecule has 8 heteroatoms. The smallest absolute Gasteiger partial charge is 0.251 e. The summed E-state index contributed by atoms with van der Waals surface area (Å²) in [7, 11) is 0. The number of nitrogens with one attached hydrogen (secondary N) is 1. The minimum Gasteiger partial charge on any atom is -0.472 e. The molecule has 2 saturated heterocycles. The number of carbonyl (C=O) groups excluding carboxylic acids is 1. The Balaban J connectivity index is 0.00000225. The lowest BCUT2D eigenvalue weighted by Crippen LogP contribution is -2.55. The predicted octanol–water partition coefficient (Wildman–Crippen LogP) is 1.69. The maximum Gasteiger partial charge on any atom is 0.251 e. The molecular weight excluding hydrogens is 435 g/mol. The number of carbonyl (C=O) groups is 1. The minimum absolute atomic E-state index is 0. The lowest BCUT2D eigenvalue weighted by atomic mass is 10.2. The topological polar surface area (TPSA) is 70.3 Å². The van der Waals surface area contributed by atoms with Crippen molar-refractivity contribution < 1.29 is 13.9 Å². The fourth-order valence-corrected chi connectivity index (χ4v) is 3.09. The maximum absolute atomic E-state index is 12.4. The number of amides is 1. The number of furan rings is 1. The van der Waals surface area contributed by atoms with E-state index in [0.717, 1.165) is 57.1 Å². The molecule has 2 aliphatic rings. The second-order valence-corrected chi connectivity index (χ2v) is 6.12. The molecule has 7 nitrogen and oxygen atoms in total. The third-order valence-electron chi connectivity index (χ3n) is 4.42. The number of guanidine groups is 1. The van der Waals surface area contributed by atoms with Gasteiger partial charge in [0, 0.05) is 44.9 Å². The Morgan fingerprint density at radius 3 is 2.68 bits per heavy atom. The number of halogens is 1. The van der Waals surface area contributed by atoms with Gasteiger partial charge in [0.15, 0.2) is 5.96 Å². The van der Waals surface area contributed by atoms with E-state index in [-0.39, 0.29) is 36.0 Å². The van der Waals surface area contributed by atoms with Crippen LogP contribution in [0, 0.1) is 0 Å². The molecule has 2 aliphatic heterocycles. The van der Waals surface area contributed by atoms with Gasteiger partial charge >= 0.3 is 0 Å². The second kappa shape index (κ2) is 10.0. The number of hydrogen-bond acceptors (Lipinski definition) is 4. The molecular formula is C17H27IN4O3. The molecule has 0 saturated carbocycles. The zero-order chi connectivity index (χ0) is 16.8. The molecule has 25 heavy (non-hydrogen) atoms. The fraction of sp³-hybridized carbons (Fsp3) is 0.647. The summed E-state index contributed by atoms with van der Waals surface area (Å²) >= 11 is 0. The third-order valence-corrected chi connectivity index (χ3v) is 4.42. The highest BCUT2D eigenvalue weighted by molar-refractivity contribution is 14.0.